The number of fused-ring (bicyclic) bond motifs is 1. The van der Waals surface area contributed by atoms with Crippen LogP contribution in [-0.2, 0) is 6.54 Å². The Bertz CT molecular complexity index is 820. The molecule has 0 atom stereocenters. The molecule has 6 heteroatoms. The Morgan fingerprint density at radius 2 is 1.80 bits per heavy atom. The average molecular weight is 345 g/mol. The highest BCUT2D eigenvalue weighted by Crippen LogP contribution is 2.34. The summed E-state index contributed by atoms with van der Waals surface area (Å²) in [5.74, 6) is -0.299. The summed E-state index contributed by atoms with van der Waals surface area (Å²) in [6.45, 7) is 1.04. The van der Waals surface area contributed by atoms with Crippen LogP contribution in [0.5, 0.6) is 11.5 Å². The van der Waals surface area contributed by atoms with Crippen molar-refractivity contribution in [3.8, 4) is 11.5 Å². The molecular weight excluding hydrogens is 328 g/mol. The molecule has 2 aliphatic rings. The summed E-state index contributed by atoms with van der Waals surface area (Å²) >= 11 is 0. The summed E-state index contributed by atoms with van der Waals surface area (Å²) in [6, 6.07) is 8.58. The van der Waals surface area contributed by atoms with E-state index >= 15 is 0 Å². The van der Waals surface area contributed by atoms with Crippen molar-refractivity contribution in [1.82, 2.24) is 4.90 Å². The van der Waals surface area contributed by atoms with Crippen molar-refractivity contribution in [3.05, 3.63) is 59.2 Å². The monoisotopic (exact) mass is 345 g/mol. The van der Waals surface area contributed by atoms with Crippen LogP contribution in [0, 0.1) is 11.6 Å². The highest BCUT2D eigenvalue weighted by atomic mass is 19.1. The van der Waals surface area contributed by atoms with Gasteiger partial charge in [0.25, 0.3) is 5.91 Å². The minimum Gasteiger partial charge on any atom is -0.486 e. The lowest BCUT2D eigenvalue weighted by Gasteiger charge is -2.24. The average Bonchev–Trinajstić information content (AvgIpc) is 3.45. The largest absolute Gasteiger partial charge is 0.486 e. The van der Waals surface area contributed by atoms with E-state index in [4.69, 9.17) is 9.47 Å². The van der Waals surface area contributed by atoms with Crippen molar-refractivity contribution < 1.29 is 23.0 Å². The number of hydrogen-bond acceptors (Lipinski definition) is 3. The Morgan fingerprint density at radius 3 is 2.52 bits per heavy atom. The van der Waals surface area contributed by atoms with Gasteiger partial charge in [-0.05, 0) is 37.1 Å². The lowest BCUT2D eigenvalue weighted by atomic mass is 10.1. The molecule has 1 amide bonds. The fourth-order valence-electron chi connectivity index (χ4n) is 2.93. The molecule has 1 aliphatic carbocycles. The Kier molecular flexibility index (Phi) is 4.03. The lowest BCUT2D eigenvalue weighted by Crippen LogP contribution is -2.33. The first-order chi connectivity index (χ1) is 12.1. The third-order valence-corrected chi connectivity index (χ3v) is 4.39. The summed E-state index contributed by atoms with van der Waals surface area (Å²) < 4.78 is 38.1. The predicted molar refractivity (Wildman–Crippen MR) is 86.7 cm³/mol. The molecule has 0 unspecified atom stereocenters. The highest BCUT2D eigenvalue weighted by molar-refractivity contribution is 5.95. The number of nitrogens with zero attached hydrogens (tertiary/aromatic N) is 1. The third kappa shape index (κ3) is 3.29. The van der Waals surface area contributed by atoms with E-state index in [1.165, 1.54) is 12.1 Å². The quantitative estimate of drug-likeness (QED) is 0.851. The van der Waals surface area contributed by atoms with Crippen molar-refractivity contribution >= 4 is 5.91 Å². The molecule has 0 saturated heterocycles. The van der Waals surface area contributed by atoms with Crippen molar-refractivity contribution in [1.29, 1.82) is 0 Å². The summed E-state index contributed by atoms with van der Waals surface area (Å²) in [7, 11) is 0. The molecular formula is C19H17F2NO3. The summed E-state index contributed by atoms with van der Waals surface area (Å²) in [5, 5.41) is 0. The third-order valence-electron chi connectivity index (χ3n) is 4.39. The van der Waals surface area contributed by atoms with Gasteiger partial charge in [-0.1, -0.05) is 6.07 Å². The van der Waals surface area contributed by atoms with Gasteiger partial charge in [0.2, 0.25) is 0 Å². The number of amides is 1. The number of rotatable bonds is 4. The second kappa shape index (κ2) is 6.35. The maximum Gasteiger partial charge on any atom is 0.254 e. The van der Waals surface area contributed by atoms with Crippen LogP contribution in [-0.4, -0.2) is 30.1 Å². The zero-order chi connectivity index (χ0) is 17.4. The van der Waals surface area contributed by atoms with Crippen LogP contribution >= 0.6 is 0 Å². The maximum atomic E-state index is 14.0. The van der Waals surface area contributed by atoms with Gasteiger partial charge < -0.3 is 14.4 Å². The molecule has 0 spiro atoms. The van der Waals surface area contributed by atoms with Gasteiger partial charge >= 0.3 is 0 Å². The number of hydrogen-bond donors (Lipinski definition) is 0. The van der Waals surface area contributed by atoms with Crippen molar-refractivity contribution in [2.24, 2.45) is 0 Å². The van der Waals surface area contributed by atoms with Crippen molar-refractivity contribution in [2.45, 2.75) is 25.4 Å². The Labute approximate surface area is 144 Å². The molecule has 2 aromatic rings. The molecule has 0 N–H and O–H groups in total. The zero-order valence-electron chi connectivity index (χ0n) is 13.5. The zero-order valence-corrected chi connectivity index (χ0v) is 13.5. The minimum atomic E-state index is -0.638. The normalized spacial score (nSPS) is 15.8. The van der Waals surface area contributed by atoms with E-state index in [0.717, 1.165) is 18.9 Å². The van der Waals surface area contributed by atoms with Crippen LogP contribution < -0.4 is 9.47 Å². The van der Waals surface area contributed by atoms with Crippen LogP contribution in [0.25, 0.3) is 0 Å². The molecule has 2 aromatic carbocycles. The fourth-order valence-corrected chi connectivity index (χ4v) is 2.93. The van der Waals surface area contributed by atoms with E-state index in [1.54, 1.807) is 23.1 Å². The Morgan fingerprint density at radius 1 is 1.04 bits per heavy atom. The molecule has 4 rings (SSSR count). The standard InChI is InChI=1S/C19H17F2NO3/c20-14-3-1-13(16(21)10-14)11-22(15-4-5-15)19(23)12-2-6-17-18(9-12)25-8-7-24-17/h1-3,6,9-10,15H,4-5,7-8,11H2. The number of ether oxygens (including phenoxy) is 2. The Hall–Kier alpha value is -2.63. The summed E-state index contributed by atoms with van der Waals surface area (Å²) in [5.41, 5.74) is 0.776. The van der Waals surface area contributed by atoms with E-state index in [0.29, 0.717) is 35.8 Å². The number of benzene rings is 2. The summed E-state index contributed by atoms with van der Waals surface area (Å²) in [4.78, 5) is 14.6. The SMILES string of the molecule is O=C(c1ccc2c(c1)OCCO2)N(Cc1ccc(F)cc1F)C1CC1. The number of carbonyl (C=O) groups is 1. The maximum absolute atomic E-state index is 14.0. The topological polar surface area (TPSA) is 38.8 Å². The van der Waals surface area contributed by atoms with Gasteiger partial charge in [-0.15, -0.1) is 0 Å². The van der Waals surface area contributed by atoms with E-state index in [1.807, 2.05) is 0 Å². The molecule has 130 valence electrons. The molecule has 0 bridgehead atoms. The van der Waals surface area contributed by atoms with E-state index in [-0.39, 0.29) is 18.5 Å². The van der Waals surface area contributed by atoms with Crippen LogP contribution in [0.4, 0.5) is 8.78 Å². The Balaban J connectivity index is 1.59. The molecule has 4 nitrogen and oxygen atoms in total. The molecule has 25 heavy (non-hydrogen) atoms. The first-order valence-electron chi connectivity index (χ1n) is 8.26. The molecule has 1 saturated carbocycles. The van der Waals surface area contributed by atoms with Gasteiger partial charge in [0.15, 0.2) is 11.5 Å². The van der Waals surface area contributed by atoms with Gasteiger partial charge in [-0.25, -0.2) is 8.78 Å². The van der Waals surface area contributed by atoms with Gasteiger partial charge in [0.05, 0.1) is 0 Å². The van der Waals surface area contributed by atoms with Crippen LogP contribution in [0.3, 0.4) is 0 Å². The smallest absolute Gasteiger partial charge is 0.254 e. The van der Waals surface area contributed by atoms with E-state index in [9.17, 15) is 13.6 Å². The van der Waals surface area contributed by atoms with Gasteiger partial charge in [-0.2, -0.15) is 0 Å². The molecule has 1 heterocycles. The van der Waals surface area contributed by atoms with Gasteiger partial charge in [-0.3, -0.25) is 4.79 Å². The predicted octanol–water partition coefficient (Wildman–Crippen LogP) is 3.54. The number of halogens is 2. The van der Waals surface area contributed by atoms with Crippen molar-refractivity contribution in [2.75, 3.05) is 13.2 Å². The minimum absolute atomic E-state index is 0.0881. The fraction of sp³-hybridized carbons (Fsp3) is 0.316. The second-order valence-electron chi connectivity index (χ2n) is 6.26. The molecule has 1 aliphatic heterocycles. The first kappa shape index (κ1) is 15.9. The molecule has 0 aromatic heterocycles. The lowest BCUT2D eigenvalue weighted by molar-refractivity contribution is 0.0727. The van der Waals surface area contributed by atoms with Crippen molar-refractivity contribution in [3.63, 3.8) is 0 Å². The van der Waals surface area contributed by atoms with Crippen LogP contribution in [0.2, 0.25) is 0 Å². The van der Waals surface area contributed by atoms with Gasteiger partial charge in [0.1, 0.15) is 24.8 Å². The van der Waals surface area contributed by atoms with Gasteiger partial charge in [0, 0.05) is 29.8 Å². The molecule has 1 fully saturated rings. The second-order valence-corrected chi connectivity index (χ2v) is 6.26. The number of carbonyl (C=O) groups excluding carboxylic acids is 1. The van der Waals surface area contributed by atoms with E-state index < -0.39 is 11.6 Å². The molecule has 0 radical (unpaired) electrons. The van der Waals surface area contributed by atoms with Crippen LogP contribution in [0.1, 0.15) is 28.8 Å². The van der Waals surface area contributed by atoms with Crippen LogP contribution in [0.15, 0.2) is 36.4 Å². The highest BCUT2D eigenvalue weighted by Gasteiger charge is 2.34. The first-order valence-corrected chi connectivity index (χ1v) is 8.26. The summed E-state index contributed by atoms with van der Waals surface area (Å²) in [6.07, 6.45) is 1.78. The van der Waals surface area contributed by atoms with E-state index in [2.05, 4.69) is 0 Å².